The van der Waals surface area contributed by atoms with Crippen LogP contribution in [0.5, 0.6) is 17.4 Å². The second kappa shape index (κ2) is 12.2. The molecule has 0 saturated carbocycles. The van der Waals surface area contributed by atoms with E-state index in [1.807, 2.05) is 30.5 Å². The Hall–Kier alpha value is -2.59. The Kier molecular flexibility index (Phi) is 9.35. The van der Waals surface area contributed by atoms with Crippen molar-refractivity contribution in [1.82, 2.24) is 25.6 Å². The third-order valence-corrected chi connectivity index (χ3v) is 5.80. The Morgan fingerprint density at radius 2 is 1.94 bits per heavy atom. The van der Waals surface area contributed by atoms with Crippen LogP contribution in [0, 0.1) is 0 Å². The molecule has 0 amide bonds. The number of methoxy groups -OCH3 is 1. The number of nitrogens with one attached hydrogen (secondary N) is 2. The zero-order chi connectivity index (χ0) is 21.8. The maximum atomic E-state index is 5.62. The number of ether oxygens (including phenoxy) is 3. The van der Waals surface area contributed by atoms with Crippen LogP contribution in [0.1, 0.15) is 12.1 Å². The third-order valence-electron chi connectivity index (χ3n) is 5.80. The number of hydrogen-bond donors (Lipinski definition) is 2. The van der Waals surface area contributed by atoms with Crippen LogP contribution in [0.2, 0.25) is 0 Å². The average Bonchev–Trinajstić information content (AvgIpc) is 3.31. The van der Waals surface area contributed by atoms with E-state index in [1.54, 1.807) is 13.3 Å². The van der Waals surface area contributed by atoms with Gasteiger partial charge in [-0.3, -0.25) is 9.97 Å². The average molecular weight is 509 g/mol. The molecule has 1 atom stereocenters. The minimum absolute atomic E-state index is 0. The first-order valence-electron chi connectivity index (χ1n) is 11.0. The number of hydrogen-bond acceptors (Lipinski definition) is 9. The Morgan fingerprint density at radius 3 is 2.79 bits per heavy atom. The molecule has 1 fully saturated rings. The highest BCUT2D eigenvalue weighted by atomic mass is 35.5. The van der Waals surface area contributed by atoms with Crippen molar-refractivity contribution in [1.29, 1.82) is 0 Å². The van der Waals surface area contributed by atoms with E-state index < -0.39 is 0 Å². The van der Waals surface area contributed by atoms with E-state index in [4.69, 9.17) is 14.2 Å². The Labute approximate surface area is 211 Å². The molecular formula is C23H30Cl2N6O3. The molecule has 11 heteroatoms. The van der Waals surface area contributed by atoms with Crippen LogP contribution in [0.15, 0.2) is 36.7 Å². The SMILES string of the molecule is COc1ccc2nccc(N3CCC(NCCNCc4cc5c(cn4)OCCO5)C3)c2n1.Cl.Cl. The lowest BCUT2D eigenvalue weighted by molar-refractivity contribution is 0.170. The first kappa shape index (κ1) is 26.0. The van der Waals surface area contributed by atoms with E-state index in [-0.39, 0.29) is 24.8 Å². The first-order valence-corrected chi connectivity index (χ1v) is 11.0. The molecular weight excluding hydrogens is 479 g/mol. The van der Waals surface area contributed by atoms with Gasteiger partial charge in [0.1, 0.15) is 18.7 Å². The molecule has 5 rings (SSSR count). The fourth-order valence-electron chi connectivity index (χ4n) is 4.18. The molecule has 9 nitrogen and oxygen atoms in total. The standard InChI is InChI=1S/C23H28N6O3.2ClH/c1-30-22-3-2-18-23(28-22)19(4-6-26-18)29-9-5-16(15-29)25-8-7-24-13-17-12-20-21(14-27-17)32-11-10-31-20;;/h2-4,6,12,14,16,24-25H,5,7-11,13,15H2,1H3;2*1H. The lowest BCUT2D eigenvalue weighted by Gasteiger charge is -2.20. The van der Waals surface area contributed by atoms with E-state index in [2.05, 4.69) is 30.5 Å². The fraction of sp³-hybridized carbons (Fsp3) is 0.435. The van der Waals surface area contributed by atoms with Crippen LogP contribution in [-0.2, 0) is 6.54 Å². The van der Waals surface area contributed by atoms with Crippen LogP contribution < -0.4 is 29.7 Å². The van der Waals surface area contributed by atoms with E-state index in [0.717, 1.165) is 66.5 Å². The van der Waals surface area contributed by atoms with Crippen LogP contribution in [-0.4, -0.2) is 67.5 Å². The topological polar surface area (TPSA) is 93.7 Å². The van der Waals surface area contributed by atoms with Gasteiger partial charge in [0, 0.05) is 57.1 Å². The molecule has 0 radical (unpaired) electrons. The quantitative estimate of drug-likeness (QED) is 0.445. The minimum atomic E-state index is 0. The lowest BCUT2D eigenvalue weighted by Crippen LogP contribution is -2.37. The zero-order valence-corrected chi connectivity index (χ0v) is 20.7. The summed E-state index contributed by atoms with van der Waals surface area (Å²) in [5.74, 6) is 2.12. The van der Waals surface area contributed by atoms with Gasteiger partial charge in [-0.15, -0.1) is 24.8 Å². The molecule has 0 spiro atoms. The van der Waals surface area contributed by atoms with Crippen molar-refractivity contribution in [3.63, 3.8) is 0 Å². The maximum absolute atomic E-state index is 5.62. The number of nitrogens with zero attached hydrogens (tertiary/aromatic N) is 4. The van der Waals surface area contributed by atoms with Crippen molar-refractivity contribution in [2.24, 2.45) is 0 Å². The highest BCUT2D eigenvalue weighted by Crippen LogP contribution is 2.29. The minimum Gasteiger partial charge on any atom is -0.486 e. The van der Waals surface area contributed by atoms with Crippen molar-refractivity contribution < 1.29 is 14.2 Å². The summed E-state index contributed by atoms with van der Waals surface area (Å²) >= 11 is 0. The van der Waals surface area contributed by atoms with E-state index in [1.165, 1.54) is 0 Å². The molecule has 2 aliphatic rings. The lowest BCUT2D eigenvalue weighted by atomic mass is 10.2. The molecule has 1 saturated heterocycles. The monoisotopic (exact) mass is 508 g/mol. The highest BCUT2D eigenvalue weighted by Gasteiger charge is 2.24. The van der Waals surface area contributed by atoms with E-state index in [0.29, 0.717) is 31.7 Å². The summed E-state index contributed by atoms with van der Waals surface area (Å²) in [6.45, 7) is 5.57. The molecule has 3 aromatic heterocycles. The third kappa shape index (κ3) is 5.90. The van der Waals surface area contributed by atoms with Crippen molar-refractivity contribution in [3.05, 3.63) is 42.4 Å². The molecule has 34 heavy (non-hydrogen) atoms. The summed E-state index contributed by atoms with van der Waals surface area (Å²) in [7, 11) is 1.64. The molecule has 0 aliphatic carbocycles. The predicted octanol–water partition coefficient (Wildman–Crippen LogP) is 2.61. The van der Waals surface area contributed by atoms with Gasteiger partial charge in [0.2, 0.25) is 5.88 Å². The molecule has 184 valence electrons. The summed E-state index contributed by atoms with van der Waals surface area (Å²) in [5, 5.41) is 7.10. The van der Waals surface area contributed by atoms with E-state index in [9.17, 15) is 0 Å². The van der Waals surface area contributed by atoms with Crippen molar-refractivity contribution >= 4 is 41.5 Å². The number of fused-ring (bicyclic) bond motifs is 2. The Morgan fingerprint density at radius 1 is 1.09 bits per heavy atom. The molecule has 2 aliphatic heterocycles. The van der Waals surface area contributed by atoms with Crippen LogP contribution in [0.4, 0.5) is 5.69 Å². The van der Waals surface area contributed by atoms with Crippen molar-refractivity contribution in [2.45, 2.75) is 19.0 Å². The van der Waals surface area contributed by atoms with E-state index >= 15 is 0 Å². The van der Waals surface area contributed by atoms with Gasteiger partial charge in [-0.1, -0.05) is 0 Å². The number of pyridine rings is 3. The summed E-state index contributed by atoms with van der Waals surface area (Å²) in [6, 6.07) is 8.24. The van der Waals surface area contributed by atoms with Crippen LogP contribution in [0.25, 0.3) is 11.0 Å². The van der Waals surface area contributed by atoms with Crippen molar-refractivity contribution in [3.8, 4) is 17.4 Å². The summed E-state index contributed by atoms with van der Waals surface area (Å²) in [5.41, 5.74) is 3.84. The number of aromatic nitrogens is 3. The highest BCUT2D eigenvalue weighted by molar-refractivity contribution is 5.88. The summed E-state index contributed by atoms with van der Waals surface area (Å²) in [6.07, 6.45) is 4.68. The van der Waals surface area contributed by atoms with Gasteiger partial charge in [-0.25, -0.2) is 4.98 Å². The largest absolute Gasteiger partial charge is 0.486 e. The smallest absolute Gasteiger partial charge is 0.213 e. The van der Waals surface area contributed by atoms with Crippen LogP contribution in [0.3, 0.4) is 0 Å². The molecule has 1 unspecified atom stereocenters. The summed E-state index contributed by atoms with van der Waals surface area (Å²) < 4.78 is 16.4. The predicted molar refractivity (Wildman–Crippen MR) is 136 cm³/mol. The van der Waals surface area contributed by atoms with Gasteiger partial charge in [0.25, 0.3) is 0 Å². The second-order valence-corrected chi connectivity index (χ2v) is 7.93. The normalized spacial score (nSPS) is 16.6. The van der Waals surface area contributed by atoms with Gasteiger partial charge >= 0.3 is 0 Å². The maximum Gasteiger partial charge on any atom is 0.213 e. The number of halogens is 2. The molecule has 0 bridgehead atoms. The Bertz CT molecular complexity index is 1090. The molecule has 3 aromatic rings. The van der Waals surface area contributed by atoms with Gasteiger partial charge in [-0.2, -0.15) is 0 Å². The van der Waals surface area contributed by atoms with Crippen LogP contribution >= 0.6 is 24.8 Å². The Balaban J connectivity index is 0.00000162. The summed E-state index contributed by atoms with van der Waals surface area (Å²) in [4.78, 5) is 15.9. The second-order valence-electron chi connectivity index (χ2n) is 7.93. The van der Waals surface area contributed by atoms with Crippen molar-refractivity contribution in [2.75, 3.05) is 51.4 Å². The van der Waals surface area contributed by atoms with Gasteiger partial charge in [0.15, 0.2) is 11.5 Å². The fourth-order valence-corrected chi connectivity index (χ4v) is 4.18. The first-order chi connectivity index (χ1) is 15.8. The molecule has 2 N–H and O–H groups in total. The zero-order valence-electron chi connectivity index (χ0n) is 19.0. The number of anilines is 1. The molecule has 0 aromatic carbocycles. The van der Waals surface area contributed by atoms with Gasteiger partial charge < -0.3 is 29.7 Å². The number of rotatable bonds is 8. The van der Waals surface area contributed by atoms with Gasteiger partial charge in [-0.05, 0) is 18.6 Å². The molecule has 5 heterocycles. The van der Waals surface area contributed by atoms with Gasteiger partial charge in [0.05, 0.1) is 30.2 Å².